The Bertz CT molecular complexity index is 469. The Labute approximate surface area is 96.6 Å². The van der Waals surface area contributed by atoms with E-state index in [4.69, 9.17) is 11.6 Å². The molecule has 2 N–H and O–H groups in total. The van der Waals surface area contributed by atoms with Gasteiger partial charge in [0, 0.05) is 11.8 Å². The highest BCUT2D eigenvalue weighted by Gasteiger charge is 2.12. The molecular weight excluding hydrogens is 230 g/mol. The average Bonchev–Trinajstić information content (AvgIpc) is 2.76. The van der Waals surface area contributed by atoms with Crippen molar-refractivity contribution in [1.82, 2.24) is 30.6 Å². The zero-order valence-electron chi connectivity index (χ0n) is 8.77. The van der Waals surface area contributed by atoms with E-state index in [1.807, 2.05) is 13.8 Å². The standard InChI is InChI=1S/C8H10ClN7/c1-4-3-10-8(9)12-6(4)11-5(2)7-13-15-16-14-7/h3,5H,1-2H3,(H,10,11,12)(H,13,14,15,16). The zero-order valence-corrected chi connectivity index (χ0v) is 9.52. The molecule has 0 saturated heterocycles. The molecule has 8 heteroatoms. The normalized spacial score (nSPS) is 12.4. The van der Waals surface area contributed by atoms with Crippen molar-refractivity contribution in [3.8, 4) is 0 Å². The Balaban J connectivity index is 2.17. The summed E-state index contributed by atoms with van der Waals surface area (Å²) in [5.41, 5.74) is 0.903. The van der Waals surface area contributed by atoms with Crippen LogP contribution in [0.15, 0.2) is 6.20 Å². The third-order valence-electron chi connectivity index (χ3n) is 2.04. The van der Waals surface area contributed by atoms with E-state index in [0.29, 0.717) is 11.6 Å². The summed E-state index contributed by atoms with van der Waals surface area (Å²) in [7, 11) is 0. The molecule has 1 unspecified atom stereocenters. The number of rotatable bonds is 3. The third kappa shape index (κ3) is 2.25. The first kappa shape index (κ1) is 10.7. The molecule has 7 nitrogen and oxygen atoms in total. The van der Waals surface area contributed by atoms with Gasteiger partial charge in [0.1, 0.15) is 5.82 Å². The van der Waals surface area contributed by atoms with Gasteiger partial charge in [0.2, 0.25) is 5.28 Å². The summed E-state index contributed by atoms with van der Waals surface area (Å²) in [6.07, 6.45) is 1.65. The minimum atomic E-state index is -0.108. The minimum absolute atomic E-state index is 0.108. The highest BCUT2D eigenvalue weighted by molar-refractivity contribution is 6.28. The number of hydrogen-bond donors (Lipinski definition) is 2. The molecule has 2 rings (SSSR count). The lowest BCUT2D eigenvalue weighted by atomic mass is 10.3. The van der Waals surface area contributed by atoms with Crippen LogP contribution in [0.25, 0.3) is 0 Å². The van der Waals surface area contributed by atoms with Gasteiger partial charge in [0.25, 0.3) is 0 Å². The van der Waals surface area contributed by atoms with E-state index < -0.39 is 0 Å². The van der Waals surface area contributed by atoms with E-state index in [-0.39, 0.29) is 11.3 Å². The van der Waals surface area contributed by atoms with Crippen molar-refractivity contribution in [1.29, 1.82) is 0 Å². The lowest BCUT2D eigenvalue weighted by molar-refractivity contribution is 0.785. The fourth-order valence-electron chi connectivity index (χ4n) is 1.19. The summed E-state index contributed by atoms with van der Waals surface area (Å²) in [5.74, 6) is 1.23. The molecule has 0 aliphatic heterocycles. The third-order valence-corrected chi connectivity index (χ3v) is 2.23. The van der Waals surface area contributed by atoms with E-state index in [2.05, 4.69) is 35.9 Å². The molecule has 0 aliphatic carbocycles. The van der Waals surface area contributed by atoms with Gasteiger partial charge in [-0.05, 0) is 25.4 Å². The van der Waals surface area contributed by atoms with Crippen LogP contribution >= 0.6 is 11.6 Å². The molecule has 0 fully saturated rings. The second-order valence-electron chi connectivity index (χ2n) is 3.31. The number of halogens is 1. The number of tetrazole rings is 1. The van der Waals surface area contributed by atoms with Crippen LogP contribution in [0.5, 0.6) is 0 Å². The molecule has 16 heavy (non-hydrogen) atoms. The first-order valence-corrected chi connectivity index (χ1v) is 5.03. The topological polar surface area (TPSA) is 92.3 Å². The van der Waals surface area contributed by atoms with E-state index in [0.717, 1.165) is 5.56 Å². The second kappa shape index (κ2) is 4.40. The predicted molar refractivity (Wildman–Crippen MR) is 58.0 cm³/mol. The van der Waals surface area contributed by atoms with Crippen LogP contribution in [0.4, 0.5) is 5.82 Å². The molecule has 0 aromatic carbocycles. The fraction of sp³-hybridized carbons (Fsp3) is 0.375. The van der Waals surface area contributed by atoms with Crippen LogP contribution in [0, 0.1) is 6.92 Å². The summed E-state index contributed by atoms with van der Waals surface area (Å²) in [5, 5.41) is 17.0. The average molecular weight is 240 g/mol. The summed E-state index contributed by atoms with van der Waals surface area (Å²) >= 11 is 5.71. The number of nitrogens with zero attached hydrogens (tertiary/aromatic N) is 5. The molecule has 2 aromatic heterocycles. The van der Waals surface area contributed by atoms with E-state index in [1.54, 1.807) is 6.20 Å². The molecule has 0 aliphatic rings. The van der Waals surface area contributed by atoms with E-state index in [9.17, 15) is 0 Å². The maximum Gasteiger partial charge on any atom is 0.224 e. The van der Waals surface area contributed by atoms with Gasteiger partial charge in [-0.1, -0.05) is 5.21 Å². The molecule has 0 saturated carbocycles. The van der Waals surface area contributed by atoms with Gasteiger partial charge in [0.15, 0.2) is 5.82 Å². The van der Waals surface area contributed by atoms with Crippen LogP contribution in [0.1, 0.15) is 24.4 Å². The molecule has 0 spiro atoms. The number of aromatic nitrogens is 6. The van der Waals surface area contributed by atoms with Gasteiger partial charge in [-0.2, -0.15) is 5.21 Å². The maximum atomic E-state index is 5.71. The second-order valence-corrected chi connectivity index (χ2v) is 3.64. The van der Waals surface area contributed by atoms with Gasteiger partial charge in [-0.15, -0.1) is 10.2 Å². The molecular formula is C8H10ClN7. The molecule has 0 radical (unpaired) electrons. The van der Waals surface area contributed by atoms with Gasteiger partial charge in [0.05, 0.1) is 6.04 Å². The summed E-state index contributed by atoms with van der Waals surface area (Å²) in [6.45, 7) is 3.79. The lowest BCUT2D eigenvalue weighted by Gasteiger charge is -2.12. The van der Waals surface area contributed by atoms with Crippen molar-refractivity contribution in [2.45, 2.75) is 19.9 Å². The zero-order chi connectivity index (χ0) is 11.5. The lowest BCUT2D eigenvalue weighted by Crippen LogP contribution is -2.11. The van der Waals surface area contributed by atoms with E-state index >= 15 is 0 Å². The van der Waals surface area contributed by atoms with Crippen LogP contribution in [0.3, 0.4) is 0 Å². The first-order chi connectivity index (χ1) is 7.66. The Kier molecular flexibility index (Phi) is 2.95. The van der Waals surface area contributed by atoms with Crippen LogP contribution in [-0.4, -0.2) is 30.6 Å². The molecule has 0 amide bonds. The van der Waals surface area contributed by atoms with Crippen LogP contribution in [0.2, 0.25) is 5.28 Å². The van der Waals surface area contributed by atoms with Gasteiger partial charge in [-0.3, -0.25) is 0 Å². The highest BCUT2D eigenvalue weighted by atomic mass is 35.5. The Hall–Kier alpha value is -1.76. The van der Waals surface area contributed by atoms with Crippen molar-refractivity contribution < 1.29 is 0 Å². The molecule has 84 valence electrons. The number of nitrogens with one attached hydrogen (secondary N) is 2. The number of hydrogen-bond acceptors (Lipinski definition) is 6. The van der Waals surface area contributed by atoms with Crippen LogP contribution in [-0.2, 0) is 0 Å². The summed E-state index contributed by atoms with van der Waals surface area (Å²) in [6, 6.07) is -0.108. The summed E-state index contributed by atoms with van der Waals surface area (Å²) < 4.78 is 0. The van der Waals surface area contributed by atoms with Crippen LogP contribution < -0.4 is 5.32 Å². The van der Waals surface area contributed by atoms with E-state index in [1.165, 1.54) is 0 Å². The molecule has 2 aromatic rings. The van der Waals surface area contributed by atoms with Crippen molar-refractivity contribution in [2.24, 2.45) is 0 Å². The van der Waals surface area contributed by atoms with Gasteiger partial charge >= 0.3 is 0 Å². The van der Waals surface area contributed by atoms with Crippen molar-refractivity contribution in [3.05, 3.63) is 22.9 Å². The Morgan fingerprint density at radius 1 is 1.50 bits per heavy atom. The van der Waals surface area contributed by atoms with Crippen molar-refractivity contribution in [2.75, 3.05) is 5.32 Å². The monoisotopic (exact) mass is 239 g/mol. The fourth-order valence-corrected chi connectivity index (χ4v) is 1.32. The minimum Gasteiger partial charge on any atom is -0.360 e. The first-order valence-electron chi connectivity index (χ1n) is 4.66. The molecule has 0 bridgehead atoms. The predicted octanol–water partition coefficient (Wildman–Crippen LogP) is 1.12. The molecule has 2 heterocycles. The number of aryl methyl sites for hydroxylation is 1. The Morgan fingerprint density at radius 2 is 2.31 bits per heavy atom. The Morgan fingerprint density at radius 3 is 3.00 bits per heavy atom. The number of anilines is 1. The number of H-pyrrole nitrogens is 1. The largest absolute Gasteiger partial charge is 0.360 e. The van der Waals surface area contributed by atoms with Crippen molar-refractivity contribution >= 4 is 17.4 Å². The summed E-state index contributed by atoms with van der Waals surface area (Å²) in [4.78, 5) is 7.95. The highest BCUT2D eigenvalue weighted by Crippen LogP contribution is 2.18. The molecule has 1 atom stereocenters. The SMILES string of the molecule is Cc1cnc(Cl)nc1NC(C)c1nn[nH]n1. The number of aromatic amines is 1. The van der Waals surface area contributed by atoms with Gasteiger partial charge in [-0.25, -0.2) is 9.97 Å². The maximum absolute atomic E-state index is 5.71. The smallest absolute Gasteiger partial charge is 0.224 e. The quantitative estimate of drug-likeness (QED) is 0.780. The van der Waals surface area contributed by atoms with Crippen molar-refractivity contribution in [3.63, 3.8) is 0 Å². The van der Waals surface area contributed by atoms with Gasteiger partial charge < -0.3 is 5.32 Å².